The second-order valence-electron chi connectivity index (χ2n) is 6.05. The Hall–Kier alpha value is -3.39. The van der Waals surface area contributed by atoms with Crippen molar-refractivity contribution >= 4 is 27.1 Å². The average Bonchev–Trinajstić information content (AvgIpc) is 3.18. The summed E-state index contributed by atoms with van der Waals surface area (Å²) < 4.78 is 43.4. The van der Waals surface area contributed by atoms with Gasteiger partial charge < -0.3 is 19.5 Å². The van der Waals surface area contributed by atoms with Crippen LogP contribution in [-0.4, -0.2) is 22.3 Å². The minimum Gasteiger partial charge on any atom is -0.497 e. The van der Waals surface area contributed by atoms with Gasteiger partial charge in [0.15, 0.2) is 11.5 Å². The first-order chi connectivity index (χ1) is 13.5. The lowest BCUT2D eigenvalue weighted by molar-refractivity contribution is 0.174. The Balaban J connectivity index is 1.46. The van der Waals surface area contributed by atoms with Crippen LogP contribution in [0.15, 0.2) is 71.6 Å². The van der Waals surface area contributed by atoms with Crippen molar-refractivity contribution in [1.29, 1.82) is 0 Å². The standard InChI is InChI=1S/C20H18N2O5S/c1-25-17-8-6-15(7-9-17)21-14-2-4-16(5-3-14)22-28(23,24)18-10-11-19-20(12-18)27-13-26-19/h2-12,21-22H,13H2,1H3. The van der Waals surface area contributed by atoms with Crippen molar-refractivity contribution in [3.8, 4) is 17.2 Å². The van der Waals surface area contributed by atoms with Gasteiger partial charge in [-0.25, -0.2) is 8.42 Å². The topological polar surface area (TPSA) is 85.9 Å². The predicted molar refractivity (Wildman–Crippen MR) is 106 cm³/mol. The molecule has 0 atom stereocenters. The van der Waals surface area contributed by atoms with Crippen LogP contribution in [0.1, 0.15) is 0 Å². The SMILES string of the molecule is COc1ccc(Nc2ccc(NS(=O)(=O)c3ccc4c(c3)OCO4)cc2)cc1. The summed E-state index contributed by atoms with van der Waals surface area (Å²) in [6.07, 6.45) is 0. The van der Waals surface area contributed by atoms with E-state index in [0.29, 0.717) is 17.2 Å². The summed E-state index contributed by atoms with van der Waals surface area (Å²) in [6, 6.07) is 19.0. The van der Waals surface area contributed by atoms with Gasteiger partial charge in [-0.1, -0.05) is 0 Å². The largest absolute Gasteiger partial charge is 0.497 e. The van der Waals surface area contributed by atoms with E-state index >= 15 is 0 Å². The maximum Gasteiger partial charge on any atom is 0.262 e. The van der Waals surface area contributed by atoms with Crippen LogP contribution in [0, 0.1) is 0 Å². The first kappa shape index (κ1) is 18.0. The highest BCUT2D eigenvalue weighted by atomic mass is 32.2. The highest BCUT2D eigenvalue weighted by Gasteiger charge is 2.20. The van der Waals surface area contributed by atoms with Crippen molar-refractivity contribution in [2.45, 2.75) is 4.90 Å². The summed E-state index contributed by atoms with van der Waals surface area (Å²) in [6.45, 7) is 0.0922. The number of rotatable bonds is 6. The van der Waals surface area contributed by atoms with Gasteiger partial charge in [-0.2, -0.15) is 0 Å². The van der Waals surface area contributed by atoms with Crippen molar-refractivity contribution in [3.63, 3.8) is 0 Å². The number of ether oxygens (including phenoxy) is 3. The zero-order valence-corrected chi connectivity index (χ0v) is 15.8. The Morgan fingerprint density at radius 1 is 0.821 bits per heavy atom. The van der Waals surface area contributed by atoms with Crippen molar-refractivity contribution in [1.82, 2.24) is 0 Å². The molecule has 144 valence electrons. The van der Waals surface area contributed by atoms with Crippen LogP contribution in [0.25, 0.3) is 0 Å². The van der Waals surface area contributed by atoms with Crippen molar-refractivity contribution in [3.05, 3.63) is 66.7 Å². The molecule has 0 fully saturated rings. The summed E-state index contributed by atoms with van der Waals surface area (Å²) in [5, 5.41) is 3.24. The number of methoxy groups -OCH3 is 1. The Morgan fingerprint density at radius 3 is 2.11 bits per heavy atom. The number of sulfonamides is 1. The van der Waals surface area contributed by atoms with Crippen LogP contribution in [0.5, 0.6) is 17.2 Å². The molecule has 0 saturated carbocycles. The van der Waals surface area contributed by atoms with Crippen molar-refractivity contribution < 1.29 is 22.6 Å². The molecule has 0 amide bonds. The molecule has 7 nitrogen and oxygen atoms in total. The Morgan fingerprint density at radius 2 is 1.43 bits per heavy atom. The van der Waals surface area contributed by atoms with Gasteiger partial charge in [-0.15, -0.1) is 0 Å². The molecule has 2 N–H and O–H groups in total. The zero-order valence-electron chi connectivity index (χ0n) is 15.0. The molecule has 0 bridgehead atoms. The predicted octanol–water partition coefficient (Wildman–Crippen LogP) is 3.97. The fourth-order valence-electron chi connectivity index (χ4n) is 2.72. The van der Waals surface area contributed by atoms with Crippen LogP contribution < -0.4 is 24.2 Å². The summed E-state index contributed by atoms with van der Waals surface area (Å²) in [7, 11) is -2.12. The lowest BCUT2D eigenvalue weighted by Gasteiger charge is -2.11. The van der Waals surface area contributed by atoms with Gasteiger partial charge in [0.1, 0.15) is 5.75 Å². The van der Waals surface area contributed by atoms with Gasteiger partial charge in [0.2, 0.25) is 6.79 Å². The van der Waals surface area contributed by atoms with E-state index in [-0.39, 0.29) is 11.7 Å². The lowest BCUT2D eigenvalue weighted by atomic mass is 10.2. The summed E-state index contributed by atoms with van der Waals surface area (Å²) in [4.78, 5) is 0.109. The van der Waals surface area contributed by atoms with E-state index in [1.54, 1.807) is 37.4 Å². The minimum absolute atomic E-state index is 0.0922. The second-order valence-corrected chi connectivity index (χ2v) is 7.73. The van der Waals surface area contributed by atoms with E-state index in [2.05, 4.69) is 10.0 Å². The molecule has 0 saturated heterocycles. The maximum atomic E-state index is 12.6. The van der Waals surface area contributed by atoms with Gasteiger partial charge in [0, 0.05) is 23.1 Å². The third-order valence-electron chi connectivity index (χ3n) is 4.17. The smallest absolute Gasteiger partial charge is 0.262 e. The molecule has 3 aromatic carbocycles. The highest BCUT2D eigenvalue weighted by molar-refractivity contribution is 7.92. The molecule has 1 heterocycles. The molecule has 1 aliphatic rings. The van der Waals surface area contributed by atoms with E-state index in [4.69, 9.17) is 14.2 Å². The van der Waals surface area contributed by atoms with E-state index in [0.717, 1.165) is 17.1 Å². The first-order valence-corrected chi connectivity index (χ1v) is 9.95. The molecule has 8 heteroatoms. The van der Waals surface area contributed by atoms with Crippen LogP contribution in [0.3, 0.4) is 0 Å². The quantitative estimate of drug-likeness (QED) is 0.654. The van der Waals surface area contributed by atoms with Crippen LogP contribution in [-0.2, 0) is 10.0 Å². The van der Waals surface area contributed by atoms with Gasteiger partial charge in [0.25, 0.3) is 10.0 Å². The number of hydrogen-bond acceptors (Lipinski definition) is 6. The third kappa shape index (κ3) is 3.81. The molecular formula is C20H18N2O5S. The van der Waals surface area contributed by atoms with E-state index in [9.17, 15) is 8.42 Å². The first-order valence-electron chi connectivity index (χ1n) is 8.47. The van der Waals surface area contributed by atoms with Crippen molar-refractivity contribution in [2.24, 2.45) is 0 Å². The van der Waals surface area contributed by atoms with E-state index in [1.165, 1.54) is 12.1 Å². The number of fused-ring (bicyclic) bond motifs is 1. The molecule has 1 aliphatic heterocycles. The molecule has 0 unspecified atom stereocenters. The monoisotopic (exact) mass is 398 g/mol. The molecule has 0 aromatic heterocycles. The number of benzene rings is 3. The van der Waals surface area contributed by atoms with E-state index in [1.807, 2.05) is 24.3 Å². The van der Waals surface area contributed by atoms with Gasteiger partial charge in [0.05, 0.1) is 12.0 Å². The van der Waals surface area contributed by atoms with Gasteiger partial charge >= 0.3 is 0 Å². The molecule has 4 rings (SSSR count). The highest BCUT2D eigenvalue weighted by Crippen LogP contribution is 2.34. The summed E-state index contributed by atoms with van der Waals surface area (Å²) in [5.74, 6) is 1.73. The lowest BCUT2D eigenvalue weighted by Crippen LogP contribution is -2.12. The normalized spacial score (nSPS) is 12.5. The second kappa shape index (κ2) is 7.32. The molecular weight excluding hydrogens is 380 g/mol. The Labute approximate surface area is 162 Å². The minimum atomic E-state index is -3.73. The van der Waals surface area contributed by atoms with Crippen molar-refractivity contribution in [2.75, 3.05) is 23.9 Å². The molecule has 28 heavy (non-hydrogen) atoms. The molecule has 3 aromatic rings. The van der Waals surface area contributed by atoms with E-state index < -0.39 is 10.0 Å². The number of anilines is 3. The third-order valence-corrected chi connectivity index (χ3v) is 5.55. The Bertz CT molecular complexity index is 1080. The fourth-order valence-corrected chi connectivity index (χ4v) is 3.79. The molecule has 0 spiro atoms. The fraction of sp³-hybridized carbons (Fsp3) is 0.100. The maximum absolute atomic E-state index is 12.6. The Kier molecular flexibility index (Phi) is 4.70. The van der Waals surface area contributed by atoms with Gasteiger partial charge in [-0.05, 0) is 60.7 Å². The molecule has 0 radical (unpaired) electrons. The van der Waals surface area contributed by atoms with Crippen LogP contribution in [0.4, 0.5) is 17.1 Å². The number of hydrogen-bond donors (Lipinski definition) is 2. The van der Waals surface area contributed by atoms with Gasteiger partial charge in [-0.3, -0.25) is 4.72 Å². The molecule has 0 aliphatic carbocycles. The van der Waals surface area contributed by atoms with Crippen LogP contribution in [0.2, 0.25) is 0 Å². The summed E-state index contributed by atoms with van der Waals surface area (Å²) >= 11 is 0. The van der Waals surface area contributed by atoms with Crippen LogP contribution >= 0.6 is 0 Å². The summed E-state index contributed by atoms with van der Waals surface area (Å²) in [5.41, 5.74) is 2.18. The average molecular weight is 398 g/mol. The zero-order chi connectivity index (χ0) is 19.6. The number of nitrogens with one attached hydrogen (secondary N) is 2.